The Hall–Kier alpha value is -2.75. The lowest BCUT2D eigenvalue weighted by atomic mass is 10.1. The molecule has 110 valence electrons. The number of amides is 1. The molecule has 3 aromatic rings. The molecule has 0 unspecified atom stereocenters. The number of carbonyl (C=O) groups excluding carboxylic acids is 1. The Morgan fingerprint density at radius 2 is 1.86 bits per heavy atom. The topological polar surface area (TPSA) is 54.9 Å². The van der Waals surface area contributed by atoms with E-state index in [2.05, 4.69) is 15.3 Å². The largest absolute Gasteiger partial charge is 0.310 e. The van der Waals surface area contributed by atoms with Gasteiger partial charge in [-0.1, -0.05) is 50.2 Å². The highest BCUT2D eigenvalue weighted by Crippen LogP contribution is 2.27. The number of hydrogen-bond acceptors (Lipinski definition) is 3. The molecule has 0 spiro atoms. The number of nitrogens with one attached hydrogen (secondary N) is 1. The minimum Gasteiger partial charge on any atom is -0.310 e. The maximum atomic E-state index is 11.9. The van der Waals surface area contributed by atoms with Crippen LogP contribution in [0.1, 0.15) is 13.8 Å². The first kappa shape index (κ1) is 14.2. The molecule has 4 nitrogen and oxygen atoms in total. The van der Waals surface area contributed by atoms with E-state index in [-0.39, 0.29) is 11.8 Å². The molecule has 2 aromatic heterocycles. The SMILES string of the molecule is CC(C)C(=O)Nc1cc2cccnc2c(-c2ccccc2)n1. The van der Waals surface area contributed by atoms with Gasteiger partial charge in [0, 0.05) is 23.1 Å². The molecule has 2 heterocycles. The Morgan fingerprint density at radius 3 is 2.59 bits per heavy atom. The summed E-state index contributed by atoms with van der Waals surface area (Å²) < 4.78 is 0. The Bertz CT molecular complexity index is 813. The van der Waals surface area contributed by atoms with E-state index >= 15 is 0 Å². The number of anilines is 1. The first-order valence-corrected chi connectivity index (χ1v) is 7.27. The lowest BCUT2D eigenvalue weighted by Gasteiger charge is -2.11. The fourth-order valence-electron chi connectivity index (χ4n) is 2.22. The van der Waals surface area contributed by atoms with Gasteiger partial charge in [-0.2, -0.15) is 0 Å². The molecule has 0 fully saturated rings. The fraction of sp³-hybridized carbons (Fsp3) is 0.167. The second-order valence-corrected chi connectivity index (χ2v) is 5.44. The number of fused-ring (bicyclic) bond motifs is 1. The normalized spacial score (nSPS) is 10.9. The molecule has 4 heteroatoms. The minimum atomic E-state index is -0.0911. The molecule has 0 saturated carbocycles. The Kier molecular flexibility index (Phi) is 3.83. The van der Waals surface area contributed by atoms with E-state index < -0.39 is 0 Å². The molecule has 0 aliphatic carbocycles. The molecule has 1 aromatic carbocycles. The van der Waals surface area contributed by atoms with Crippen molar-refractivity contribution in [2.24, 2.45) is 5.92 Å². The molecule has 0 atom stereocenters. The maximum absolute atomic E-state index is 11.9. The van der Waals surface area contributed by atoms with Gasteiger partial charge in [-0.3, -0.25) is 9.78 Å². The van der Waals surface area contributed by atoms with Crippen LogP contribution in [0.3, 0.4) is 0 Å². The van der Waals surface area contributed by atoms with Crippen molar-refractivity contribution in [2.45, 2.75) is 13.8 Å². The molecule has 0 bridgehead atoms. The van der Waals surface area contributed by atoms with E-state index in [0.29, 0.717) is 5.82 Å². The molecule has 0 saturated heterocycles. The van der Waals surface area contributed by atoms with Gasteiger partial charge in [0.25, 0.3) is 0 Å². The van der Waals surface area contributed by atoms with E-state index in [1.54, 1.807) is 6.20 Å². The molecule has 0 radical (unpaired) electrons. The van der Waals surface area contributed by atoms with Crippen LogP contribution >= 0.6 is 0 Å². The number of hydrogen-bond donors (Lipinski definition) is 1. The van der Waals surface area contributed by atoms with Crippen LogP contribution in [0.15, 0.2) is 54.7 Å². The Balaban J connectivity index is 2.15. The average molecular weight is 291 g/mol. The summed E-state index contributed by atoms with van der Waals surface area (Å²) in [5.74, 6) is 0.416. The second-order valence-electron chi connectivity index (χ2n) is 5.44. The highest BCUT2D eigenvalue weighted by atomic mass is 16.1. The molecular formula is C18H17N3O. The number of carbonyl (C=O) groups is 1. The summed E-state index contributed by atoms with van der Waals surface area (Å²) >= 11 is 0. The smallest absolute Gasteiger partial charge is 0.228 e. The van der Waals surface area contributed by atoms with Gasteiger partial charge in [0.1, 0.15) is 5.82 Å². The van der Waals surface area contributed by atoms with Crippen molar-refractivity contribution in [3.63, 3.8) is 0 Å². The van der Waals surface area contributed by atoms with Crippen molar-refractivity contribution < 1.29 is 4.79 Å². The maximum Gasteiger partial charge on any atom is 0.228 e. The zero-order valence-electron chi connectivity index (χ0n) is 12.6. The van der Waals surface area contributed by atoms with Crippen LogP contribution < -0.4 is 5.32 Å². The molecule has 0 aliphatic heterocycles. The number of aromatic nitrogens is 2. The summed E-state index contributed by atoms with van der Waals surface area (Å²) in [6, 6.07) is 15.6. The zero-order chi connectivity index (χ0) is 15.5. The van der Waals surface area contributed by atoms with Crippen LogP contribution in [0, 0.1) is 5.92 Å². The van der Waals surface area contributed by atoms with Crippen LogP contribution in [0.25, 0.3) is 22.2 Å². The van der Waals surface area contributed by atoms with Crippen molar-refractivity contribution >= 4 is 22.6 Å². The van der Waals surface area contributed by atoms with Crippen molar-refractivity contribution in [1.29, 1.82) is 0 Å². The van der Waals surface area contributed by atoms with E-state index in [1.165, 1.54) is 0 Å². The van der Waals surface area contributed by atoms with Gasteiger partial charge in [0.05, 0.1) is 11.2 Å². The predicted octanol–water partition coefficient (Wildman–Crippen LogP) is 3.89. The number of nitrogens with zero attached hydrogens (tertiary/aromatic N) is 2. The van der Waals surface area contributed by atoms with Gasteiger partial charge in [-0.25, -0.2) is 4.98 Å². The Labute approximate surface area is 129 Å². The van der Waals surface area contributed by atoms with Crippen LogP contribution in [-0.2, 0) is 4.79 Å². The van der Waals surface area contributed by atoms with Crippen molar-refractivity contribution in [3.8, 4) is 11.3 Å². The highest BCUT2D eigenvalue weighted by molar-refractivity contribution is 5.97. The molecule has 1 N–H and O–H groups in total. The summed E-state index contributed by atoms with van der Waals surface area (Å²) in [4.78, 5) is 21.0. The first-order valence-electron chi connectivity index (χ1n) is 7.27. The summed E-state index contributed by atoms with van der Waals surface area (Å²) in [6.45, 7) is 3.71. The van der Waals surface area contributed by atoms with Crippen molar-refractivity contribution in [3.05, 3.63) is 54.7 Å². The van der Waals surface area contributed by atoms with E-state index in [9.17, 15) is 4.79 Å². The molecule has 1 amide bonds. The van der Waals surface area contributed by atoms with E-state index in [4.69, 9.17) is 0 Å². The molecule has 22 heavy (non-hydrogen) atoms. The monoisotopic (exact) mass is 291 g/mol. The van der Waals surface area contributed by atoms with Gasteiger partial charge < -0.3 is 5.32 Å². The number of rotatable bonds is 3. The minimum absolute atomic E-state index is 0.0465. The average Bonchev–Trinajstić information content (AvgIpc) is 2.55. The standard InChI is InChI=1S/C18H17N3O/c1-12(2)18(22)21-15-11-14-9-6-10-19-16(14)17(20-15)13-7-4-3-5-8-13/h3-12H,1-2H3,(H,20,21,22). The van der Waals surface area contributed by atoms with Crippen LogP contribution in [-0.4, -0.2) is 15.9 Å². The van der Waals surface area contributed by atoms with Crippen LogP contribution in [0.4, 0.5) is 5.82 Å². The zero-order valence-corrected chi connectivity index (χ0v) is 12.6. The van der Waals surface area contributed by atoms with Crippen LogP contribution in [0.5, 0.6) is 0 Å². The summed E-state index contributed by atoms with van der Waals surface area (Å²) in [5, 5.41) is 3.82. The van der Waals surface area contributed by atoms with Gasteiger partial charge in [-0.05, 0) is 12.1 Å². The van der Waals surface area contributed by atoms with Crippen molar-refractivity contribution in [1.82, 2.24) is 9.97 Å². The molecular weight excluding hydrogens is 274 g/mol. The fourth-order valence-corrected chi connectivity index (χ4v) is 2.22. The van der Waals surface area contributed by atoms with Gasteiger partial charge >= 0.3 is 0 Å². The third-order valence-electron chi connectivity index (χ3n) is 3.41. The Morgan fingerprint density at radius 1 is 1.09 bits per heavy atom. The van der Waals surface area contributed by atoms with E-state index in [0.717, 1.165) is 22.2 Å². The van der Waals surface area contributed by atoms with Crippen molar-refractivity contribution in [2.75, 3.05) is 5.32 Å². The summed E-state index contributed by atoms with van der Waals surface area (Å²) in [5.41, 5.74) is 2.58. The lowest BCUT2D eigenvalue weighted by molar-refractivity contribution is -0.118. The third kappa shape index (κ3) is 2.81. The van der Waals surface area contributed by atoms with Gasteiger partial charge in [-0.15, -0.1) is 0 Å². The summed E-state index contributed by atoms with van der Waals surface area (Å²) in [6.07, 6.45) is 1.75. The van der Waals surface area contributed by atoms with Gasteiger partial charge in [0.15, 0.2) is 0 Å². The summed E-state index contributed by atoms with van der Waals surface area (Å²) in [7, 11) is 0. The second kappa shape index (κ2) is 5.93. The number of pyridine rings is 2. The predicted molar refractivity (Wildman–Crippen MR) is 88.4 cm³/mol. The number of benzene rings is 1. The lowest BCUT2D eigenvalue weighted by Crippen LogP contribution is -2.18. The van der Waals surface area contributed by atoms with Gasteiger partial charge in [0.2, 0.25) is 5.91 Å². The third-order valence-corrected chi connectivity index (χ3v) is 3.41. The molecule has 0 aliphatic rings. The first-order chi connectivity index (χ1) is 10.6. The van der Waals surface area contributed by atoms with Crippen LogP contribution in [0.2, 0.25) is 0 Å². The molecule has 3 rings (SSSR count). The van der Waals surface area contributed by atoms with E-state index in [1.807, 2.05) is 62.4 Å². The quantitative estimate of drug-likeness (QED) is 0.796. The highest BCUT2D eigenvalue weighted by Gasteiger charge is 2.12.